The van der Waals surface area contributed by atoms with Crippen LogP contribution in [-0.4, -0.2) is 0 Å². The third-order valence-electron chi connectivity index (χ3n) is 4.99. The lowest BCUT2D eigenvalue weighted by atomic mass is 9.85. The van der Waals surface area contributed by atoms with Crippen molar-refractivity contribution in [2.75, 3.05) is 0 Å². The molecule has 2 rings (SSSR count). The highest BCUT2D eigenvalue weighted by Gasteiger charge is 2.54. The third-order valence-corrected chi connectivity index (χ3v) is 4.99. The Labute approximate surface area is 83.1 Å². The molecular formula is C13H24. The minimum atomic E-state index is 0.752. The van der Waals surface area contributed by atoms with Crippen LogP contribution in [0, 0.1) is 23.2 Å². The predicted octanol–water partition coefficient (Wildman–Crippen LogP) is 4.25. The van der Waals surface area contributed by atoms with Gasteiger partial charge in [-0.05, 0) is 36.0 Å². The number of hydrogen-bond acceptors (Lipinski definition) is 0. The first-order chi connectivity index (χ1) is 6.21. The van der Waals surface area contributed by atoms with E-state index in [0.29, 0.717) is 0 Å². The maximum Gasteiger partial charge on any atom is -0.0294 e. The van der Waals surface area contributed by atoms with Crippen molar-refractivity contribution in [3.05, 3.63) is 0 Å². The van der Waals surface area contributed by atoms with Crippen molar-refractivity contribution in [2.45, 2.75) is 59.3 Å². The van der Waals surface area contributed by atoms with Gasteiger partial charge in [0.25, 0.3) is 0 Å². The SMILES string of the molecule is CCC1CCCC1C1CC1(C)CC. The fourth-order valence-corrected chi connectivity index (χ4v) is 3.62. The lowest BCUT2D eigenvalue weighted by Crippen LogP contribution is -2.13. The van der Waals surface area contributed by atoms with Crippen LogP contribution < -0.4 is 0 Å². The van der Waals surface area contributed by atoms with Crippen LogP contribution in [0.5, 0.6) is 0 Å². The largest absolute Gasteiger partial charge is 0.0651 e. The molecule has 13 heavy (non-hydrogen) atoms. The Balaban J connectivity index is 1.95. The van der Waals surface area contributed by atoms with Gasteiger partial charge >= 0.3 is 0 Å². The third kappa shape index (κ3) is 1.53. The Hall–Kier alpha value is 0. The average Bonchev–Trinajstić information content (AvgIpc) is 2.65. The van der Waals surface area contributed by atoms with E-state index in [-0.39, 0.29) is 0 Å². The molecule has 0 spiro atoms. The van der Waals surface area contributed by atoms with Gasteiger partial charge in [-0.1, -0.05) is 46.5 Å². The van der Waals surface area contributed by atoms with Crippen molar-refractivity contribution < 1.29 is 0 Å². The smallest absolute Gasteiger partial charge is 0.0294 e. The molecule has 0 heterocycles. The first-order valence-corrected chi connectivity index (χ1v) is 6.21. The average molecular weight is 180 g/mol. The molecule has 0 N–H and O–H groups in total. The van der Waals surface area contributed by atoms with Crippen LogP contribution in [0.4, 0.5) is 0 Å². The highest BCUT2D eigenvalue weighted by Crippen LogP contribution is 2.62. The van der Waals surface area contributed by atoms with Crippen molar-refractivity contribution >= 4 is 0 Å². The molecule has 0 aromatic carbocycles. The zero-order valence-corrected chi connectivity index (χ0v) is 9.47. The first kappa shape index (κ1) is 9.55. The topological polar surface area (TPSA) is 0 Å². The summed E-state index contributed by atoms with van der Waals surface area (Å²) in [6.45, 7) is 7.26. The Kier molecular flexibility index (Phi) is 2.42. The van der Waals surface area contributed by atoms with Crippen LogP contribution in [0.3, 0.4) is 0 Å². The zero-order chi connectivity index (χ0) is 9.47. The first-order valence-electron chi connectivity index (χ1n) is 6.21. The van der Waals surface area contributed by atoms with Gasteiger partial charge in [0.1, 0.15) is 0 Å². The summed E-state index contributed by atoms with van der Waals surface area (Å²) in [4.78, 5) is 0. The van der Waals surface area contributed by atoms with E-state index in [1.165, 1.54) is 32.1 Å². The summed E-state index contributed by atoms with van der Waals surface area (Å²) in [6.07, 6.45) is 8.95. The van der Waals surface area contributed by atoms with Gasteiger partial charge in [0.05, 0.1) is 0 Å². The highest BCUT2D eigenvalue weighted by atomic mass is 14.6. The molecule has 4 unspecified atom stereocenters. The van der Waals surface area contributed by atoms with Crippen LogP contribution >= 0.6 is 0 Å². The summed E-state index contributed by atoms with van der Waals surface area (Å²) in [5, 5.41) is 0. The molecule has 0 amide bonds. The van der Waals surface area contributed by atoms with Crippen molar-refractivity contribution in [3.8, 4) is 0 Å². The quantitative estimate of drug-likeness (QED) is 0.609. The summed E-state index contributed by atoms with van der Waals surface area (Å²) in [5.41, 5.74) is 0.752. The Bertz CT molecular complexity index is 184. The van der Waals surface area contributed by atoms with E-state index >= 15 is 0 Å². The summed E-state index contributed by atoms with van der Waals surface area (Å²) in [7, 11) is 0. The van der Waals surface area contributed by atoms with Gasteiger partial charge in [0.2, 0.25) is 0 Å². The molecule has 0 heteroatoms. The van der Waals surface area contributed by atoms with Gasteiger partial charge in [0, 0.05) is 0 Å². The molecule has 2 aliphatic rings. The number of hydrogen-bond donors (Lipinski definition) is 0. The second kappa shape index (κ2) is 3.29. The maximum absolute atomic E-state index is 2.50. The van der Waals surface area contributed by atoms with Crippen molar-refractivity contribution in [1.29, 1.82) is 0 Å². The summed E-state index contributed by atoms with van der Waals surface area (Å²) >= 11 is 0. The van der Waals surface area contributed by atoms with Crippen LogP contribution in [0.1, 0.15) is 59.3 Å². The lowest BCUT2D eigenvalue weighted by molar-refractivity contribution is 0.290. The molecule has 0 aliphatic heterocycles. The minimum absolute atomic E-state index is 0.752. The van der Waals surface area contributed by atoms with Crippen molar-refractivity contribution in [2.24, 2.45) is 23.2 Å². The van der Waals surface area contributed by atoms with Gasteiger partial charge in [-0.15, -0.1) is 0 Å². The molecule has 0 bridgehead atoms. The van der Waals surface area contributed by atoms with Crippen molar-refractivity contribution in [3.63, 3.8) is 0 Å². The van der Waals surface area contributed by atoms with Gasteiger partial charge in [0.15, 0.2) is 0 Å². The molecule has 2 fully saturated rings. The van der Waals surface area contributed by atoms with Crippen LogP contribution in [0.25, 0.3) is 0 Å². The van der Waals surface area contributed by atoms with E-state index in [4.69, 9.17) is 0 Å². The molecule has 0 nitrogen and oxygen atoms in total. The van der Waals surface area contributed by atoms with E-state index in [2.05, 4.69) is 20.8 Å². The maximum atomic E-state index is 2.50. The molecule has 0 radical (unpaired) electrons. The highest BCUT2D eigenvalue weighted by molar-refractivity contribution is 5.03. The number of rotatable bonds is 3. The Morgan fingerprint density at radius 3 is 2.54 bits per heavy atom. The standard InChI is InChI=1S/C13H24/c1-4-10-7-6-8-11(10)12-9-13(12,3)5-2/h10-12H,4-9H2,1-3H3. The second-order valence-electron chi connectivity index (χ2n) is 5.58. The summed E-state index contributed by atoms with van der Waals surface area (Å²) in [6, 6.07) is 0. The molecule has 0 aromatic rings. The van der Waals surface area contributed by atoms with Crippen molar-refractivity contribution in [1.82, 2.24) is 0 Å². The fraction of sp³-hybridized carbons (Fsp3) is 1.00. The molecule has 0 aromatic heterocycles. The second-order valence-corrected chi connectivity index (χ2v) is 5.58. The van der Waals surface area contributed by atoms with E-state index in [9.17, 15) is 0 Å². The van der Waals surface area contributed by atoms with Gasteiger partial charge in [-0.3, -0.25) is 0 Å². The van der Waals surface area contributed by atoms with Gasteiger partial charge < -0.3 is 0 Å². The van der Waals surface area contributed by atoms with E-state index in [1.807, 2.05) is 0 Å². The lowest BCUT2D eigenvalue weighted by Gasteiger charge is -2.20. The monoisotopic (exact) mass is 180 g/mol. The van der Waals surface area contributed by atoms with E-state index in [1.54, 1.807) is 6.42 Å². The molecule has 76 valence electrons. The van der Waals surface area contributed by atoms with E-state index < -0.39 is 0 Å². The Morgan fingerprint density at radius 1 is 1.23 bits per heavy atom. The normalized spacial score (nSPS) is 49.6. The molecule has 2 saturated carbocycles. The fourth-order valence-electron chi connectivity index (χ4n) is 3.62. The van der Waals surface area contributed by atoms with Crippen LogP contribution in [0.15, 0.2) is 0 Å². The van der Waals surface area contributed by atoms with Crippen LogP contribution in [-0.2, 0) is 0 Å². The van der Waals surface area contributed by atoms with Gasteiger partial charge in [-0.2, -0.15) is 0 Å². The molecule has 0 saturated heterocycles. The molecule has 2 aliphatic carbocycles. The zero-order valence-electron chi connectivity index (χ0n) is 9.47. The summed E-state index contributed by atoms with van der Waals surface area (Å²) in [5.74, 6) is 3.29. The van der Waals surface area contributed by atoms with Gasteiger partial charge in [-0.25, -0.2) is 0 Å². The molecular weight excluding hydrogens is 156 g/mol. The van der Waals surface area contributed by atoms with E-state index in [0.717, 1.165) is 23.2 Å². The molecule has 4 atom stereocenters. The minimum Gasteiger partial charge on any atom is -0.0651 e. The van der Waals surface area contributed by atoms with Crippen LogP contribution in [0.2, 0.25) is 0 Å². The Morgan fingerprint density at radius 2 is 2.00 bits per heavy atom. The predicted molar refractivity (Wildman–Crippen MR) is 57.6 cm³/mol. The summed E-state index contributed by atoms with van der Waals surface area (Å²) < 4.78 is 0.